The van der Waals surface area contributed by atoms with Gasteiger partial charge in [0.05, 0.1) is 74.2 Å². The number of amides is 4. The first kappa shape index (κ1) is 97.3. The lowest BCUT2D eigenvalue weighted by molar-refractivity contribution is 0.0583. The third-order valence-electron chi connectivity index (χ3n) is 20.2. The number of rotatable bonds is 15. The molecule has 0 aliphatic carbocycles. The highest BCUT2D eigenvalue weighted by Crippen LogP contribution is 2.44. The molecule has 31 nitrogen and oxygen atoms in total. The number of fused-ring (bicyclic) bond motifs is 3. The van der Waals surface area contributed by atoms with Crippen molar-refractivity contribution in [3.63, 3.8) is 0 Å². The number of halogens is 1. The summed E-state index contributed by atoms with van der Waals surface area (Å²) >= 11 is 3.55. The maximum absolute atomic E-state index is 14.3. The van der Waals surface area contributed by atoms with Crippen LogP contribution in [-0.4, -0.2) is 123 Å². The van der Waals surface area contributed by atoms with E-state index in [2.05, 4.69) is 90.7 Å². The second-order valence-electron chi connectivity index (χ2n) is 35.5. The molecular weight excluding hydrogens is 1760 g/mol. The summed E-state index contributed by atoms with van der Waals surface area (Å²) in [6.45, 7) is 33.2. The first-order chi connectivity index (χ1) is 63.4. The van der Waals surface area contributed by atoms with Gasteiger partial charge in [-0.25, -0.2) is 53.7 Å². The zero-order chi connectivity index (χ0) is 97.2. The standard InChI is InChI=1S/C37H39N7O4.C32H35BrN6O4.C27H23N7.C5H6BNO2/c1-23-20-27(26-14-17-39-18-15-26)21-24(2)30(23)44(35(46)48-37(6,7)8)32-31-29(16-19-42(31)9)40-33(41-32)43(34(45)47-36(3,4)5)28-12-10-25(22-38)11-13-28;1-19-16-22(33)17-20(2)25(19)39(30(41)43-32(6,7)8)27-26-24(14-15-37(26)9)35-28(36-27)38(29(40)42-31(3,4)5)23-12-10-21(18-34)11-13-23;1-17-14-21(20-8-11-29-12-9-20)15-18(2)24(17)32-26-25-23(10-13-34(25)3)31-27(33-26)30-22-6-4-19(16-28)5-7-22;8-6(9)5-1-3-7-4-2-5/h10-21H,1-9H3;10-17H,1-9H3;4-15H,1-3H3,(H2,30,31,32,33);1-4,8-9H. The molecule has 0 saturated heterocycles. The van der Waals surface area contributed by atoms with Gasteiger partial charge in [0.2, 0.25) is 17.8 Å². The number of aromatic nitrogens is 12. The van der Waals surface area contributed by atoms with Gasteiger partial charge >= 0.3 is 31.5 Å². The number of nitriles is 3. The average molecular weight is 1860 g/mol. The van der Waals surface area contributed by atoms with E-state index in [1.807, 2.05) is 154 Å². The minimum absolute atomic E-state index is 0.0198. The third kappa shape index (κ3) is 23.7. The highest BCUT2D eigenvalue weighted by atomic mass is 79.9. The average Bonchev–Trinajstić information content (AvgIpc) is 1.75. The molecule has 0 spiro atoms. The van der Waals surface area contributed by atoms with E-state index in [9.17, 15) is 29.7 Å². The van der Waals surface area contributed by atoms with Crippen LogP contribution in [0.25, 0.3) is 55.4 Å². The molecule has 33 heteroatoms. The van der Waals surface area contributed by atoms with Gasteiger partial charge in [0, 0.05) is 92.8 Å². The molecule has 0 unspecified atom stereocenters. The molecule has 6 aromatic carbocycles. The van der Waals surface area contributed by atoms with Crippen LogP contribution in [0.5, 0.6) is 0 Å². The van der Waals surface area contributed by atoms with E-state index in [1.165, 1.54) is 32.0 Å². The molecule has 0 fully saturated rings. The van der Waals surface area contributed by atoms with Crippen molar-refractivity contribution in [3.8, 4) is 40.5 Å². The third-order valence-corrected chi connectivity index (χ3v) is 20.7. The van der Waals surface area contributed by atoms with Crippen molar-refractivity contribution in [2.75, 3.05) is 30.2 Å². The van der Waals surface area contributed by atoms with Gasteiger partial charge in [0.15, 0.2) is 17.5 Å². The van der Waals surface area contributed by atoms with Gasteiger partial charge < -0.3 is 53.3 Å². The van der Waals surface area contributed by atoms with Crippen molar-refractivity contribution in [2.24, 2.45) is 21.1 Å². The summed E-state index contributed by atoms with van der Waals surface area (Å²) in [4.78, 5) is 102. The lowest BCUT2D eigenvalue weighted by atomic mass is 9.81. The quantitative estimate of drug-likeness (QED) is 0.0547. The molecule has 0 aliphatic heterocycles. The second-order valence-corrected chi connectivity index (χ2v) is 36.5. The highest BCUT2D eigenvalue weighted by Gasteiger charge is 2.38. The molecule has 4 amide bonds. The molecule has 0 atom stereocenters. The van der Waals surface area contributed by atoms with Crippen LogP contribution >= 0.6 is 15.9 Å². The van der Waals surface area contributed by atoms with Crippen LogP contribution in [0, 0.1) is 75.5 Å². The summed E-state index contributed by atoms with van der Waals surface area (Å²) in [7, 11) is 4.26. The molecule has 15 rings (SSSR count). The zero-order valence-corrected chi connectivity index (χ0v) is 80.0. The number of aryl methyl sites for hydroxylation is 9. The molecule has 134 heavy (non-hydrogen) atoms. The Morgan fingerprint density at radius 2 is 0.709 bits per heavy atom. The normalized spacial score (nSPS) is 11.2. The molecule has 9 heterocycles. The first-order valence-corrected chi connectivity index (χ1v) is 43.4. The van der Waals surface area contributed by atoms with E-state index in [4.69, 9.17) is 59.2 Å². The monoisotopic (exact) mass is 1860 g/mol. The van der Waals surface area contributed by atoms with E-state index >= 15 is 0 Å². The Balaban J connectivity index is 0.000000174. The SMILES string of the molecule is Cc1cc(-c2ccncc2)cc(C)c1N(C(=O)OC(C)(C)C)c1nc(N(C(=O)OC(C)(C)C)c2ccc(C#N)cc2)nc2ccn(C)c12.Cc1cc(-c2ccncc2)cc(C)c1Nc1nc(Nc2ccc(C#N)cc2)nc2ccn(C)c12.Cc1cc(Br)cc(C)c1N(C(=O)OC(C)(C)C)c1nc(N(C(=O)OC(C)(C)C)c2ccc(C#N)cc2)nc2ccn(C)c12.OB(O)c1ccncc1. The summed E-state index contributed by atoms with van der Waals surface area (Å²) in [5, 5.41) is 51.7. The number of nitrogens with zero attached hydrogens (tertiary/aromatic N) is 19. The summed E-state index contributed by atoms with van der Waals surface area (Å²) < 4.78 is 30.0. The minimum Gasteiger partial charge on any atom is -0.443 e. The van der Waals surface area contributed by atoms with E-state index in [0.29, 0.717) is 72.9 Å². The fourth-order valence-electron chi connectivity index (χ4n) is 14.5. The number of hydrogen-bond acceptors (Lipinski definition) is 24. The predicted molar refractivity (Wildman–Crippen MR) is 525 cm³/mol. The number of carbonyl (C=O) groups excluding carboxylic acids is 4. The van der Waals surface area contributed by atoms with Gasteiger partial charge in [0.1, 0.15) is 39.0 Å². The van der Waals surface area contributed by atoms with Gasteiger partial charge in [0.25, 0.3) is 0 Å². The topological polar surface area (TPSA) is 385 Å². The fraction of sp³-hybridized carbons (Fsp3) is 0.248. The van der Waals surface area contributed by atoms with Crippen LogP contribution in [0.2, 0.25) is 0 Å². The first-order valence-electron chi connectivity index (χ1n) is 42.6. The largest absolute Gasteiger partial charge is 0.488 e. The van der Waals surface area contributed by atoms with E-state index in [-0.39, 0.29) is 23.5 Å². The van der Waals surface area contributed by atoms with Crippen LogP contribution in [0.4, 0.5) is 88.6 Å². The van der Waals surface area contributed by atoms with Gasteiger partial charge in [-0.3, -0.25) is 15.0 Å². The van der Waals surface area contributed by atoms with Gasteiger partial charge in [-0.2, -0.15) is 30.7 Å². The minimum atomic E-state index is -1.38. The lowest BCUT2D eigenvalue weighted by Crippen LogP contribution is -2.37. The smallest absolute Gasteiger partial charge is 0.443 e. The Bertz CT molecular complexity index is 6920. The van der Waals surface area contributed by atoms with Gasteiger partial charge in [-0.15, -0.1) is 0 Å². The van der Waals surface area contributed by atoms with E-state index in [1.54, 1.807) is 187 Å². The number of pyridine rings is 3. The number of anilines is 12. The predicted octanol–water partition coefficient (Wildman–Crippen LogP) is 21.8. The number of benzene rings is 6. The Hall–Kier alpha value is -15.8. The Morgan fingerprint density at radius 1 is 0.388 bits per heavy atom. The molecular formula is C101H103BBrN21O10. The van der Waals surface area contributed by atoms with Crippen LogP contribution in [0.1, 0.15) is 133 Å². The van der Waals surface area contributed by atoms with E-state index in [0.717, 1.165) is 88.3 Å². The van der Waals surface area contributed by atoms with Crippen molar-refractivity contribution in [2.45, 2.75) is 147 Å². The molecule has 0 radical (unpaired) electrons. The van der Waals surface area contributed by atoms with Crippen LogP contribution in [0.15, 0.2) is 224 Å². The molecule has 4 N–H and O–H groups in total. The van der Waals surface area contributed by atoms with Crippen molar-refractivity contribution in [3.05, 3.63) is 274 Å². The van der Waals surface area contributed by atoms with Crippen LogP contribution in [0.3, 0.4) is 0 Å². The Morgan fingerprint density at radius 3 is 1.05 bits per heavy atom. The summed E-state index contributed by atoms with van der Waals surface area (Å²) in [6, 6.07) is 55.1. The highest BCUT2D eigenvalue weighted by molar-refractivity contribution is 9.10. The zero-order valence-electron chi connectivity index (χ0n) is 78.4. The summed E-state index contributed by atoms with van der Waals surface area (Å²) in [5.74, 6) is 1.58. The molecule has 15 aromatic rings. The number of hydrogen-bond donors (Lipinski definition) is 4. The molecule has 0 aliphatic rings. The molecule has 0 saturated carbocycles. The number of ether oxygens (including phenoxy) is 4. The Kier molecular flexibility index (Phi) is 29.6. The number of carbonyl (C=O) groups is 4. The van der Waals surface area contributed by atoms with Crippen molar-refractivity contribution in [1.29, 1.82) is 15.8 Å². The van der Waals surface area contributed by atoms with Crippen LogP contribution < -0.4 is 35.7 Å². The maximum atomic E-state index is 14.3. The molecule has 9 aromatic heterocycles. The van der Waals surface area contributed by atoms with Crippen LogP contribution in [-0.2, 0) is 40.1 Å². The lowest BCUT2D eigenvalue weighted by Gasteiger charge is -2.31. The van der Waals surface area contributed by atoms with Crippen molar-refractivity contribution >= 4 is 155 Å². The fourth-order valence-corrected chi connectivity index (χ4v) is 15.2. The molecule has 0 bridgehead atoms. The summed E-state index contributed by atoms with van der Waals surface area (Å²) in [5.41, 5.74) is 15.9. The number of nitrogens with one attached hydrogen (secondary N) is 2. The Labute approximate surface area is 786 Å². The van der Waals surface area contributed by atoms with Gasteiger partial charge in [-0.1, -0.05) is 15.9 Å². The van der Waals surface area contributed by atoms with Gasteiger partial charge in [-0.05, 0) is 350 Å². The van der Waals surface area contributed by atoms with Crippen molar-refractivity contribution < 1.29 is 48.2 Å². The van der Waals surface area contributed by atoms with Crippen molar-refractivity contribution in [1.82, 2.24) is 58.6 Å². The molecule has 682 valence electrons. The van der Waals surface area contributed by atoms with E-state index < -0.39 is 53.9 Å². The maximum Gasteiger partial charge on any atom is 0.488 e. The second kappa shape index (κ2) is 40.7. The summed E-state index contributed by atoms with van der Waals surface area (Å²) in [6.07, 6.45) is 12.9.